The van der Waals surface area contributed by atoms with Crippen molar-refractivity contribution in [1.29, 1.82) is 0 Å². The van der Waals surface area contributed by atoms with Crippen LogP contribution in [0.2, 0.25) is 5.02 Å². The first kappa shape index (κ1) is 18.4. The molecule has 1 heterocycles. The van der Waals surface area contributed by atoms with Crippen molar-refractivity contribution in [3.8, 4) is 0 Å². The molecule has 3 rings (SSSR count). The minimum absolute atomic E-state index is 0.0204. The van der Waals surface area contributed by atoms with Gasteiger partial charge in [0.05, 0.1) is 16.4 Å². The number of nitrogens with one attached hydrogen (secondary N) is 1. The third-order valence-corrected chi connectivity index (χ3v) is 6.25. The van der Waals surface area contributed by atoms with Crippen molar-refractivity contribution in [3.63, 3.8) is 0 Å². The Balaban J connectivity index is 2.06. The number of para-hydroxylation sites is 2. The summed E-state index contributed by atoms with van der Waals surface area (Å²) in [4.78, 5) is 26.0. The van der Waals surface area contributed by atoms with Gasteiger partial charge in [-0.05, 0) is 30.3 Å². The minimum atomic E-state index is -3.81. The average molecular weight is 394 g/mol. The van der Waals surface area contributed by atoms with Gasteiger partial charge < -0.3 is 5.32 Å². The molecule has 136 valence electrons. The number of sulfonamides is 1. The van der Waals surface area contributed by atoms with Crippen LogP contribution >= 0.6 is 11.6 Å². The Morgan fingerprint density at radius 2 is 1.88 bits per heavy atom. The van der Waals surface area contributed by atoms with Crippen molar-refractivity contribution in [3.05, 3.63) is 53.1 Å². The Morgan fingerprint density at radius 1 is 1.19 bits per heavy atom. The molecule has 0 atom stereocenters. The van der Waals surface area contributed by atoms with Crippen LogP contribution in [0.3, 0.4) is 0 Å². The summed E-state index contributed by atoms with van der Waals surface area (Å²) < 4.78 is 25.8. The first-order chi connectivity index (χ1) is 12.2. The van der Waals surface area contributed by atoms with Gasteiger partial charge in [0, 0.05) is 19.7 Å². The van der Waals surface area contributed by atoms with E-state index >= 15 is 0 Å². The molecule has 1 N–H and O–H groups in total. The van der Waals surface area contributed by atoms with Gasteiger partial charge in [-0.25, -0.2) is 12.7 Å². The molecule has 9 heteroatoms. The second-order valence-corrected chi connectivity index (χ2v) is 8.42. The number of hydrogen-bond acceptors (Lipinski definition) is 4. The summed E-state index contributed by atoms with van der Waals surface area (Å²) in [6.07, 6.45) is 0. The molecule has 0 spiro atoms. The van der Waals surface area contributed by atoms with Gasteiger partial charge in [-0.2, -0.15) is 0 Å². The molecule has 0 fully saturated rings. The van der Waals surface area contributed by atoms with Crippen LogP contribution in [-0.2, 0) is 14.8 Å². The van der Waals surface area contributed by atoms with E-state index in [1.165, 1.54) is 37.2 Å². The van der Waals surface area contributed by atoms with Crippen molar-refractivity contribution >= 4 is 44.8 Å². The molecule has 0 radical (unpaired) electrons. The SMILES string of the molecule is CN(C)S(=O)(=O)c1cc(C(=O)N2CC(=O)Nc3ccccc32)ccc1Cl. The highest BCUT2D eigenvalue weighted by atomic mass is 35.5. The normalized spacial score (nSPS) is 14.2. The number of carbonyl (C=O) groups excluding carboxylic acids is 2. The maximum atomic E-state index is 13.0. The Hall–Kier alpha value is -2.42. The van der Waals surface area contributed by atoms with E-state index in [1.807, 2.05) is 0 Å². The van der Waals surface area contributed by atoms with Crippen LogP contribution < -0.4 is 10.2 Å². The van der Waals surface area contributed by atoms with Crippen LogP contribution in [0.25, 0.3) is 0 Å². The van der Waals surface area contributed by atoms with Crippen LogP contribution in [0.15, 0.2) is 47.4 Å². The van der Waals surface area contributed by atoms with Gasteiger partial charge in [-0.1, -0.05) is 23.7 Å². The molecule has 1 aliphatic heterocycles. The van der Waals surface area contributed by atoms with Crippen LogP contribution in [0.4, 0.5) is 11.4 Å². The second kappa shape index (κ2) is 6.71. The molecule has 2 amide bonds. The van der Waals surface area contributed by atoms with E-state index in [1.54, 1.807) is 24.3 Å². The van der Waals surface area contributed by atoms with Crippen molar-refractivity contribution < 1.29 is 18.0 Å². The van der Waals surface area contributed by atoms with E-state index < -0.39 is 15.9 Å². The first-order valence-electron chi connectivity index (χ1n) is 7.64. The molecule has 7 nitrogen and oxygen atoms in total. The second-order valence-electron chi connectivity index (χ2n) is 5.89. The molecular formula is C17H16ClN3O4S. The summed E-state index contributed by atoms with van der Waals surface area (Å²) in [5.74, 6) is -0.814. The highest BCUT2D eigenvalue weighted by Crippen LogP contribution is 2.31. The molecule has 0 saturated heterocycles. The topological polar surface area (TPSA) is 86.8 Å². The summed E-state index contributed by atoms with van der Waals surface area (Å²) in [5.41, 5.74) is 1.19. The van der Waals surface area contributed by atoms with Crippen LogP contribution in [0.5, 0.6) is 0 Å². The number of halogens is 1. The predicted octanol–water partition coefficient (Wildman–Crippen LogP) is 2.19. The zero-order chi connectivity index (χ0) is 19.1. The molecule has 0 saturated carbocycles. The lowest BCUT2D eigenvalue weighted by atomic mass is 10.1. The van der Waals surface area contributed by atoms with E-state index in [-0.39, 0.29) is 27.9 Å². The van der Waals surface area contributed by atoms with Crippen molar-refractivity contribution in [2.45, 2.75) is 4.90 Å². The number of rotatable bonds is 3. The Morgan fingerprint density at radius 3 is 2.58 bits per heavy atom. The lowest BCUT2D eigenvalue weighted by Crippen LogP contribution is -2.42. The number of hydrogen-bond donors (Lipinski definition) is 1. The highest BCUT2D eigenvalue weighted by Gasteiger charge is 2.29. The summed E-state index contributed by atoms with van der Waals surface area (Å²) in [6, 6.07) is 10.9. The fraction of sp³-hybridized carbons (Fsp3) is 0.176. The van der Waals surface area contributed by atoms with Gasteiger partial charge in [0.15, 0.2) is 0 Å². The number of nitrogens with zero attached hydrogens (tertiary/aromatic N) is 2. The highest BCUT2D eigenvalue weighted by molar-refractivity contribution is 7.89. The van der Waals surface area contributed by atoms with Crippen LogP contribution in [-0.4, -0.2) is 45.2 Å². The molecule has 0 bridgehead atoms. The number of anilines is 2. The molecular weight excluding hydrogens is 378 g/mol. The summed E-state index contributed by atoms with van der Waals surface area (Å²) in [6.45, 7) is -0.158. The van der Waals surface area contributed by atoms with Gasteiger partial charge in [-0.15, -0.1) is 0 Å². The maximum Gasteiger partial charge on any atom is 0.258 e. The third kappa shape index (κ3) is 3.18. The minimum Gasteiger partial charge on any atom is -0.323 e. The quantitative estimate of drug-likeness (QED) is 0.865. The van der Waals surface area contributed by atoms with Gasteiger partial charge >= 0.3 is 0 Å². The maximum absolute atomic E-state index is 13.0. The fourth-order valence-corrected chi connectivity index (χ4v) is 3.99. The molecule has 0 aromatic heterocycles. The number of carbonyl (C=O) groups is 2. The van der Waals surface area contributed by atoms with E-state index in [9.17, 15) is 18.0 Å². The van der Waals surface area contributed by atoms with Crippen molar-refractivity contribution in [2.75, 3.05) is 30.9 Å². The van der Waals surface area contributed by atoms with Gasteiger partial charge in [0.2, 0.25) is 15.9 Å². The summed E-state index contributed by atoms with van der Waals surface area (Å²) >= 11 is 6.02. The average Bonchev–Trinajstić information content (AvgIpc) is 2.60. The van der Waals surface area contributed by atoms with E-state index in [0.29, 0.717) is 11.4 Å². The van der Waals surface area contributed by atoms with Gasteiger partial charge in [-0.3, -0.25) is 14.5 Å². The van der Waals surface area contributed by atoms with Gasteiger partial charge in [0.25, 0.3) is 5.91 Å². The zero-order valence-electron chi connectivity index (χ0n) is 14.1. The van der Waals surface area contributed by atoms with Crippen molar-refractivity contribution in [1.82, 2.24) is 4.31 Å². The molecule has 0 unspecified atom stereocenters. The largest absolute Gasteiger partial charge is 0.323 e. The molecule has 0 aliphatic carbocycles. The van der Waals surface area contributed by atoms with E-state index in [2.05, 4.69) is 5.32 Å². The molecule has 2 aromatic carbocycles. The van der Waals surface area contributed by atoms with Crippen LogP contribution in [0, 0.1) is 0 Å². The molecule has 1 aliphatic rings. The fourth-order valence-electron chi connectivity index (χ4n) is 2.60. The summed E-state index contributed by atoms with van der Waals surface area (Å²) in [7, 11) is -1.05. The first-order valence-corrected chi connectivity index (χ1v) is 9.46. The monoisotopic (exact) mass is 393 g/mol. The third-order valence-electron chi connectivity index (χ3n) is 3.95. The molecule has 2 aromatic rings. The Kier molecular flexibility index (Phi) is 4.74. The number of amides is 2. The Bertz CT molecular complexity index is 1000. The van der Waals surface area contributed by atoms with Crippen LogP contribution in [0.1, 0.15) is 10.4 Å². The lowest BCUT2D eigenvalue weighted by Gasteiger charge is -2.29. The Labute approximate surface area is 156 Å². The zero-order valence-corrected chi connectivity index (χ0v) is 15.6. The number of benzene rings is 2. The smallest absolute Gasteiger partial charge is 0.258 e. The van der Waals surface area contributed by atoms with Crippen molar-refractivity contribution in [2.24, 2.45) is 0 Å². The predicted molar refractivity (Wildman–Crippen MR) is 99.1 cm³/mol. The van der Waals surface area contributed by atoms with E-state index in [4.69, 9.17) is 11.6 Å². The standard InChI is InChI=1S/C17H16ClN3O4S/c1-20(2)26(24,25)15-9-11(7-8-12(15)18)17(23)21-10-16(22)19-13-5-3-4-6-14(13)21/h3-9H,10H2,1-2H3,(H,19,22). The summed E-state index contributed by atoms with van der Waals surface area (Å²) in [5, 5.41) is 2.72. The lowest BCUT2D eigenvalue weighted by molar-refractivity contribution is -0.115. The number of fused-ring (bicyclic) bond motifs is 1. The molecule has 26 heavy (non-hydrogen) atoms. The van der Waals surface area contributed by atoms with Gasteiger partial charge in [0.1, 0.15) is 11.4 Å². The van der Waals surface area contributed by atoms with E-state index in [0.717, 1.165) is 4.31 Å².